The number of primary amides is 1. The Kier molecular flexibility index (Phi) is 29.9. The van der Waals surface area contributed by atoms with Gasteiger partial charge in [0, 0.05) is 38.0 Å². The molecular weight excluding hydrogens is 1190 g/mol. The lowest BCUT2D eigenvalue weighted by Crippen LogP contribution is -2.61. The van der Waals surface area contributed by atoms with Gasteiger partial charge in [0.1, 0.15) is 48.0 Å². The molecule has 0 radical (unpaired) electrons. The van der Waals surface area contributed by atoms with E-state index in [0.717, 1.165) is 18.6 Å². The first-order valence-electron chi connectivity index (χ1n) is 30.3. The minimum absolute atomic E-state index is 0.00662. The number of unbranched alkanes of at least 4 members (excludes halogenated alkanes) is 1. The third-order valence-corrected chi connectivity index (χ3v) is 15.9. The van der Waals surface area contributed by atoms with Crippen molar-refractivity contribution in [1.29, 1.82) is 0 Å². The fraction of sp³-hybridized carbons (Fsp3) is 0.586. The number of nitrogens with one attached hydrogen (secondary N) is 8. The first kappa shape index (κ1) is 73.9. The first-order valence-corrected chi connectivity index (χ1v) is 30.3. The summed E-state index contributed by atoms with van der Waals surface area (Å²) in [5, 5.41) is 63.1. The molecule has 9 amide bonds. The smallest absolute Gasteiger partial charge is 0.305 e. The zero-order valence-corrected chi connectivity index (χ0v) is 51.2. The highest BCUT2D eigenvalue weighted by atomic mass is 16.6. The van der Waals surface area contributed by atoms with Gasteiger partial charge in [0.15, 0.2) is 5.96 Å². The number of nitrogens with two attached hydrogens (primary N) is 4. The van der Waals surface area contributed by atoms with Gasteiger partial charge in [0.25, 0.3) is 11.4 Å². The lowest BCUT2D eigenvalue weighted by Gasteiger charge is -2.37. The number of hydrogen-bond acceptors (Lipinski definition) is 18. The predicted molar refractivity (Wildman–Crippen MR) is 328 cm³/mol. The number of likely N-dealkylation sites (tertiary alicyclic amines) is 1. The molecule has 1 saturated carbocycles. The average molecular weight is 1280 g/mol. The number of carbonyl (C=O) groups excluding carboxylic acids is 9. The molecule has 2 aromatic rings. The predicted octanol–water partition coefficient (Wildman–Crippen LogP) is -0.436. The minimum atomic E-state index is -1.88. The van der Waals surface area contributed by atoms with Crippen LogP contribution in [-0.4, -0.2) is 170 Å². The van der Waals surface area contributed by atoms with Gasteiger partial charge in [0.05, 0.1) is 34.9 Å². The molecule has 2 fully saturated rings. The van der Waals surface area contributed by atoms with Crippen molar-refractivity contribution < 1.29 is 72.8 Å². The van der Waals surface area contributed by atoms with E-state index in [9.17, 15) is 83.2 Å². The van der Waals surface area contributed by atoms with E-state index >= 15 is 0 Å². The van der Waals surface area contributed by atoms with Crippen LogP contribution in [0.2, 0.25) is 0 Å². The molecule has 33 nitrogen and oxygen atoms in total. The Labute approximate surface area is 524 Å². The molecule has 11 atom stereocenters. The molecule has 33 heteroatoms. The molecule has 2 aromatic carbocycles. The molecular formula is C58H86N16O17. The molecule has 4 rings (SSSR count). The standard InChI is InChI=1S/C58H86N16O17/c1-4-14-36(59)51(81)71-49(32(3)5-2)56(86)68-40(23-24-47(76)77)57(87)72-43-20-10-9-17-34(43)28-45(72)55(85)70-42(30-48(78)79)54(84)69-41(27-33-15-7-6-8-16-33)52(82)65-31-46(75)66-39(19-13-26-64-58(61)62)53(83)67-38(50(60)80)18-11-12-25-63-37-22-21-35(73(88)89)29-44(37)74(90)91/h6-8,15-16,21-22,29,32,34,36,38-43,45,49,63H,4-5,9-14,17-20,23-28,30-31,59H2,1-3H3,(H2,60,80)(H,65,82)(H,66,75)(H,67,83)(H,68,86)(H,69,84)(H,70,85)(H,71,81)(H,76,77)(H,78,79)(H4,61,62,64)/t32-,34?,36-,38-,39-,40-,41-,42-,43?,45-,49-/m0/s1. The molecule has 2 unspecified atom stereocenters. The summed E-state index contributed by atoms with van der Waals surface area (Å²) in [7, 11) is 0. The number of guanidine groups is 1. The highest BCUT2D eigenvalue weighted by molar-refractivity contribution is 5.99. The maximum Gasteiger partial charge on any atom is 0.305 e. The largest absolute Gasteiger partial charge is 0.481 e. The normalized spacial score (nSPS) is 17.6. The van der Waals surface area contributed by atoms with Crippen molar-refractivity contribution in [3.8, 4) is 0 Å². The van der Waals surface area contributed by atoms with Gasteiger partial charge in [-0.05, 0) is 87.7 Å². The Morgan fingerprint density at radius 2 is 1.36 bits per heavy atom. The van der Waals surface area contributed by atoms with Crippen molar-refractivity contribution in [1.82, 2.24) is 42.1 Å². The molecule has 1 heterocycles. The highest BCUT2D eigenvalue weighted by Gasteiger charge is 2.50. The average Bonchev–Trinajstić information content (AvgIpc) is 1.75. The molecule has 1 aliphatic heterocycles. The van der Waals surface area contributed by atoms with Crippen LogP contribution >= 0.6 is 0 Å². The van der Waals surface area contributed by atoms with Crippen LogP contribution in [0.15, 0.2) is 53.5 Å². The van der Waals surface area contributed by atoms with E-state index in [1.807, 2.05) is 6.92 Å². The van der Waals surface area contributed by atoms with E-state index in [2.05, 4.69) is 47.5 Å². The van der Waals surface area contributed by atoms with Gasteiger partial charge in [-0.15, -0.1) is 0 Å². The topological polar surface area (TPSA) is 530 Å². The summed E-state index contributed by atoms with van der Waals surface area (Å²) in [5.74, 6) is -11.9. The van der Waals surface area contributed by atoms with Gasteiger partial charge in [-0.25, -0.2) is 0 Å². The van der Waals surface area contributed by atoms with Crippen molar-refractivity contribution in [3.05, 3.63) is 74.3 Å². The minimum Gasteiger partial charge on any atom is -0.481 e. The lowest BCUT2D eigenvalue weighted by molar-refractivity contribution is -0.393. The second kappa shape index (κ2) is 36.8. The fourth-order valence-electron chi connectivity index (χ4n) is 10.9. The van der Waals surface area contributed by atoms with E-state index in [-0.39, 0.29) is 75.6 Å². The van der Waals surface area contributed by atoms with Crippen LogP contribution in [0.25, 0.3) is 0 Å². The zero-order chi connectivity index (χ0) is 67.5. The second-order valence-electron chi connectivity index (χ2n) is 22.7. The quantitative estimate of drug-likeness (QED) is 0.0133. The zero-order valence-electron chi connectivity index (χ0n) is 51.2. The van der Waals surface area contributed by atoms with Crippen molar-refractivity contribution in [2.75, 3.05) is 25.0 Å². The number of rotatable bonds is 39. The van der Waals surface area contributed by atoms with Crippen LogP contribution in [0.4, 0.5) is 17.1 Å². The van der Waals surface area contributed by atoms with Gasteiger partial charge < -0.3 is 80.6 Å². The van der Waals surface area contributed by atoms with Crippen molar-refractivity contribution >= 4 is 88.1 Å². The number of amides is 9. The van der Waals surface area contributed by atoms with Crippen molar-refractivity contribution in [2.45, 2.75) is 184 Å². The van der Waals surface area contributed by atoms with Crippen molar-refractivity contribution in [2.24, 2.45) is 39.8 Å². The van der Waals surface area contributed by atoms with Crippen molar-refractivity contribution in [3.63, 3.8) is 0 Å². The Morgan fingerprint density at radius 3 is 1.99 bits per heavy atom. The molecule has 0 bridgehead atoms. The maximum absolute atomic E-state index is 14.9. The van der Waals surface area contributed by atoms with Gasteiger partial charge in [-0.2, -0.15) is 0 Å². The molecule has 1 saturated heterocycles. The number of nitro benzene ring substituents is 2. The number of carbonyl (C=O) groups is 11. The van der Waals surface area contributed by atoms with Gasteiger partial charge >= 0.3 is 11.9 Å². The van der Waals surface area contributed by atoms with Crippen LogP contribution in [-0.2, 0) is 59.2 Å². The van der Waals surface area contributed by atoms with Crippen LogP contribution in [0, 0.1) is 32.1 Å². The molecule has 2 aliphatic rings. The van der Waals surface area contributed by atoms with Crippen LogP contribution in [0.5, 0.6) is 0 Å². The number of non-ortho nitro benzene ring substituents is 1. The summed E-state index contributed by atoms with van der Waals surface area (Å²) in [6.07, 6.45) is 1.97. The number of fused-ring (bicyclic) bond motifs is 1. The van der Waals surface area contributed by atoms with E-state index < -0.39 is 172 Å². The number of aliphatic imine (C=N–C) groups is 1. The number of nitro groups is 2. The SMILES string of the molecule is CCC[C@H](N)C(=O)N[C@H](C(=O)N[C@@H](CCC(=O)O)C(=O)N1C2CCCCC2C[C@H]1C(=O)N[C@@H](CC(=O)O)C(=O)N[C@@H](Cc1ccccc1)C(=O)NCC(=O)N[C@@H](CCCN=C(N)N)C(=O)N[C@@H](CCCCNc1ccc([N+](=O)[O-])cc1[N+](=O)[O-])C(N)=O)[C@@H](C)CC. The summed E-state index contributed by atoms with van der Waals surface area (Å²) >= 11 is 0. The van der Waals surface area contributed by atoms with Gasteiger partial charge in [-0.3, -0.25) is 78.0 Å². The molecule has 91 heavy (non-hydrogen) atoms. The molecule has 500 valence electrons. The fourth-order valence-corrected chi connectivity index (χ4v) is 10.9. The Hall–Kier alpha value is -9.56. The molecule has 1 aliphatic carbocycles. The summed E-state index contributed by atoms with van der Waals surface area (Å²) in [4.78, 5) is 176. The third kappa shape index (κ3) is 23.7. The van der Waals surface area contributed by atoms with E-state index in [1.165, 1.54) is 11.0 Å². The number of nitrogens with zero attached hydrogens (tertiary/aromatic N) is 4. The van der Waals surface area contributed by atoms with Gasteiger partial charge in [-0.1, -0.05) is 76.8 Å². The number of carboxylic acids is 2. The number of hydrogen-bond donors (Lipinski definition) is 14. The van der Waals surface area contributed by atoms with Crippen LogP contribution in [0.1, 0.15) is 129 Å². The highest BCUT2D eigenvalue weighted by Crippen LogP contribution is 2.40. The molecule has 0 aromatic heterocycles. The summed E-state index contributed by atoms with van der Waals surface area (Å²) in [6.45, 7) is 4.62. The monoisotopic (exact) mass is 1280 g/mol. The van der Waals surface area contributed by atoms with Crippen LogP contribution in [0.3, 0.4) is 0 Å². The number of anilines is 1. The van der Waals surface area contributed by atoms with E-state index in [1.54, 1.807) is 44.2 Å². The van der Waals surface area contributed by atoms with Crippen LogP contribution < -0.4 is 65.5 Å². The summed E-state index contributed by atoms with van der Waals surface area (Å²) in [5.41, 5.74) is 22.1. The Morgan fingerprint density at radius 1 is 0.703 bits per heavy atom. The molecule has 0 spiro atoms. The number of benzene rings is 2. The first-order chi connectivity index (χ1) is 43.1. The number of aliphatic carboxylic acids is 2. The summed E-state index contributed by atoms with van der Waals surface area (Å²) in [6, 6.07) is -0.398. The second-order valence-corrected chi connectivity index (χ2v) is 22.7. The molecule has 18 N–H and O–H groups in total. The summed E-state index contributed by atoms with van der Waals surface area (Å²) < 4.78 is 0. The number of carboxylic acid groups (broad SMARTS) is 2. The van der Waals surface area contributed by atoms with Gasteiger partial charge in [0.2, 0.25) is 53.2 Å². The maximum atomic E-state index is 14.9. The van der Waals surface area contributed by atoms with E-state index in [0.29, 0.717) is 44.1 Å². The Bertz CT molecular complexity index is 2950. The third-order valence-electron chi connectivity index (χ3n) is 15.9. The Balaban J connectivity index is 1.52. The van der Waals surface area contributed by atoms with E-state index in [4.69, 9.17) is 22.9 Å². The lowest BCUT2D eigenvalue weighted by atomic mass is 9.84.